The zero-order valence-electron chi connectivity index (χ0n) is 31.4. The first-order valence-corrected chi connectivity index (χ1v) is 18.1. The van der Waals surface area contributed by atoms with Gasteiger partial charge in [-0.25, -0.2) is 24.4 Å². The van der Waals surface area contributed by atoms with Crippen molar-refractivity contribution in [3.63, 3.8) is 0 Å². The summed E-state index contributed by atoms with van der Waals surface area (Å²) in [6.07, 6.45) is -18.0. The molecule has 1 saturated heterocycles. The molecule has 3 heterocycles. The van der Waals surface area contributed by atoms with Crippen molar-refractivity contribution in [1.29, 1.82) is 5.41 Å². The molecule has 17 nitrogen and oxygen atoms in total. The predicted octanol–water partition coefficient (Wildman–Crippen LogP) is 4.95. The van der Waals surface area contributed by atoms with Crippen LogP contribution in [0.15, 0.2) is 36.4 Å². The molecular formula is C35H33F9N8O9. The molecule has 3 aliphatic rings. The minimum Gasteiger partial charge on any atom is -0.454 e. The van der Waals surface area contributed by atoms with Crippen LogP contribution in [-0.2, 0) is 35.4 Å². The van der Waals surface area contributed by atoms with Gasteiger partial charge in [0.15, 0.2) is 11.5 Å². The highest BCUT2D eigenvalue weighted by Gasteiger charge is 2.51. The van der Waals surface area contributed by atoms with Crippen molar-refractivity contribution in [1.82, 2.24) is 30.1 Å². The maximum absolute atomic E-state index is 13.9. The molecule has 0 spiro atoms. The highest BCUT2D eigenvalue weighted by Crippen LogP contribution is 2.34. The number of hydroxylamine groups is 4. The van der Waals surface area contributed by atoms with Crippen LogP contribution in [0.5, 0.6) is 11.5 Å². The van der Waals surface area contributed by atoms with Crippen LogP contribution in [0, 0.1) is 12.3 Å². The minimum atomic E-state index is -6.01. The highest BCUT2D eigenvalue weighted by molar-refractivity contribution is 5.97. The van der Waals surface area contributed by atoms with Crippen molar-refractivity contribution >= 4 is 46.5 Å². The number of piperazine rings is 1. The fourth-order valence-electron chi connectivity index (χ4n) is 6.58. The molecule has 0 radical (unpaired) electrons. The van der Waals surface area contributed by atoms with Crippen molar-refractivity contribution in [2.45, 2.75) is 69.8 Å². The molecule has 2 N–H and O–H groups in total. The summed E-state index contributed by atoms with van der Waals surface area (Å²) < 4.78 is 130. The number of alkyl halides is 9. The Labute approximate surface area is 337 Å². The quantitative estimate of drug-likeness (QED) is 0.146. The summed E-state index contributed by atoms with van der Waals surface area (Å²) in [5.41, 5.74) is 1.80. The first kappa shape index (κ1) is 44.2. The first-order chi connectivity index (χ1) is 28.6. The molecule has 2 aliphatic heterocycles. The standard InChI is InChI=1S/C35H33F9N8O9/c1-18-6-8-21-20(14-18)26(48-27(46-21)28(53)50-12-10-49(11-13-50)16-19-7-9-24-25(15-19)58-17-57-24)47-22-4-2-3-5-23(22)51(59-29(54)33(36,37)38)32(45)52(60-30(55)34(39,40)41)61-31(56)35(42,43)44/h6-9,14-15,22-23,45H,2-5,10-13,16-17H2,1H3,(H,46,47,48). The van der Waals surface area contributed by atoms with Gasteiger partial charge in [0.1, 0.15) is 5.82 Å². The monoisotopic (exact) mass is 880 g/mol. The minimum absolute atomic E-state index is 0.0644. The average Bonchev–Trinajstić information content (AvgIpc) is 3.67. The Morgan fingerprint density at radius 3 is 2.05 bits per heavy atom. The second kappa shape index (κ2) is 17.3. The first-order valence-electron chi connectivity index (χ1n) is 18.1. The summed E-state index contributed by atoms with van der Waals surface area (Å²) in [5, 5.41) is 9.66. The second-order valence-corrected chi connectivity index (χ2v) is 13.8. The maximum Gasteiger partial charge on any atom is 0.493 e. The molecule has 2 atom stereocenters. The zero-order chi connectivity index (χ0) is 44.4. The molecule has 2 unspecified atom stereocenters. The third-order valence-corrected chi connectivity index (χ3v) is 9.49. The van der Waals surface area contributed by atoms with E-state index in [2.05, 4.69) is 34.7 Å². The Balaban J connectivity index is 1.28. The van der Waals surface area contributed by atoms with Crippen LogP contribution < -0.4 is 14.8 Å². The number of nitrogens with zero attached hydrogens (tertiary/aromatic N) is 6. The number of halogens is 9. The van der Waals surface area contributed by atoms with Gasteiger partial charge in [0.25, 0.3) is 5.91 Å². The van der Waals surface area contributed by atoms with Gasteiger partial charge < -0.3 is 24.5 Å². The SMILES string of the molecule is Cc1ccc2nc(C(=O)N3CCN(Cc4ccc5c(c4)OCO5)CC3)nc(NC3CCCCC3N(OC(=O)C(F)(F)F)C(=N)N(OC(=O)C(F)(F)F)OC(=O)C(F)(F)F)c2c1. The van der Waals surface area contributed by atoms with E-state index in [9.17, 15) is 58.7 Å². The van der Waals surface area contributed by atoms with E-state index in [-0.39, 0.29) is 68.1 Å². The maximum atomic E-state index is 13.9. The Morgan fingerprint density at radius 1 is 0.803 bits per heavy atom. The van der Waals surface area contributed by atoms with Crippen LogP contribution in [0.2, 0.25) is 0 Å². The lowest BCUT2D eigenvalue weighted by molar-refractivity contribution is -0.326. The van der Waals surface area contributed by atoms with E-state index in [1.165, 1.54) is 4.90 Å². The zero-order valence-corrected chi connectivity index (χ0v) is 31.4. The summed E-state index contributed by atoms with van der Waals surface area (Å²) in [6, 6.07) is 7.19. The number of anilines is 1. The van der Waals surface area contributed by atoms with Gasteiger partial charge in [0, 0.05) is 43.3 Å². The number of aryl methyl sites for hydroxylation is 1. The molecule has 0 bridgehead atoms. The van der Waals surface area contributed by atoms with Crippen LogP contribution >= 0.6 is 0 Å². The topological polar surface area (TPSA) is 189 Å². The Bertz CT molecular complexity index is 2160. The fourth-order valence-corrected chi connectivity index (χ4v) is 6.58. The van der Waals surface area contributed by atoms with Crippen LogP contribution in [0.1, 0.15) is 47.4 Å². The molecule has 6 rings (SSSR count). The number of carbonyl (C=O) groups excluding carboxylic acids is 4. The van der Waals surface area contributed by atoms with Crippen LogP contribution in [-0.4, -0.2) is 123 Å². The van der Waals surface area contributed by atoms with Gasteiger partial charge in [0.05, 0.1) is 17.6 Å². The van der Waals surface area contributed by atoms with Crippen LogP contribution in [0.25, 0.3) is 10.9 Å². The predicted molar refractivity (Wildman–Crippen MR) is 186 cm³/mol. The van der Waals surface area contributed by atoms with E-state index < -0.39 is 70.7 Å². The van der Waals surface area contributed by atoms with E-state index in [0.717, 1.165) is 5.56 Å². The molecule has 1 saturated carbocycles. The number of hydrogen-bond donors (Lipinski definition) is 2. The number of rotatable bonds is 6. The molecule has 1 aliphatic carbocycles. The van der Waals surface area contributed by atoms with Gasteiger partial charge in [-0.15, -0.1) is 0 Å². The Morgan fingerprint density at radius 2 is 1.41 bits per heavy atom. The number of nitrogens with one attached hydrogen (secondary N) is 2. The van der Waals surface area contributed by atoms with Crippen LogP contribution in [0.3, 0.4) is 0 Å². The second-order valence-electron chi connectivity index (χ2n) is 13.8. The molecule has 26 heteroatoms. The lowest BCUT2D eigenvalue weighted by Crippen LogP contribution is -2.58. The molecule has 1 amide bonds. The summed E-state index contributed by atoms with van der Waals surface area (Å²) in [5.74, 6) is -11.9. The lowest BCUT2D eigenvalue weighted by atomic mass is 9.90. The number of aromatic nitrogens is 2. The van der Waals surface area contributed by atoms with E-state index >= 15 is 0 Å². The molecular weight excluding hydrogens is 847 g/mol. The normalized spacial score (nSPS) is 18.3. The van der Waals surface area contributed by atoms with E-state index in [1.54, 1.807) is 31.2 Å². The van der Waals surface area contributed by atoms with E-state index in [4.69, 9.17) is 14.9 Å². The molecule has 2 fully saturated rings. The lowest BCUT2D eigenvalue weighted by Gasteiger charge is -2.40. The summed E-state index contributed by atoms with van der Waals surface area (Å²) in [6.45, 7) is 3.76. The Kier molecular flexibility index (Phi) is 12.6. The third kappa shape index (κ3) is 10.5. The van der Waals surface area contributed by atoms with Crippen molar-refractivity contribution in [3.05, 3.63) is 53.3 Å². The van der Waals surface area contributed by atoms with Gasteiger partial charge in [-0.05, 0) is 49.6 Å². The number of hydrogen-bond acceptors (Lipinski definition) is 14. The third-order valence-electron chi connectivity index (χ3n) is 9.49. The summed E-state index contributed by atoms with van der Waals surface area (Å²) in [4.78, 5) is 73.4. The van der Waals surface area contributed by atoms with E-state index in [0.29, 0.717) is 36.7 Å². The highest BCUT2D eigenvalue weighted by atomic mass is 19.4. The molecule has 2 aromatic carbocycles. The Hall–Kier alpha value is -6.34. The van der Waals surface area contributed by atoms with Crippen molar-refractivity contribution in [2.75, 3.05) is 38.3 Å². The smallest absolute Gasteiger partial charge is 0.454 e. The van der Waals surface area contributed by atoms with Gasteiger partial charge in [-0.1, -0.05) is 30.5 Å². The van der Waals surface area contributed by atoms with E-state index in [1.807, 2.05) is 12.1 Å². The van der Waals surface area contributed by atoms with Crippen molar-refractivity contribution in [2.24, 2.45) is 0 Å². The number of carbonyl (C=O) groups is 4. The summed E-state index contributed by atoms with van der Waals surface area (Å²) in [7, 11) is 0. The largest absolute Gasteiger partial charge is 0.493 e. The number of amides is 1. The fraction of sp³-hybridized carbons (Fsp3) is 0.457. The molecule has 61 heavy (non-hydrogen) atoms. The van der Waals surface area contributed by atoms with Crippen LogP contribution in [0.4, 0.5) is 45.3 Å². The van der Waals surface area contributed by atoms with Gasteiger partial charge in [0.2, 0.25) is 12.6 Å². The summed E-state index contributed by atoms with van der Waals surface area (Å²) >= 11 is 0. The number of benzene rings is 2. The number of guanidine groups is 1. The van der Waals surface area contributed by atoms with Gasteiger partial charge >= 0.3 is 42.4 Å². The van der Waals surface area contributed by atoms with Gasteiger partial charge in [-0.2, -0.15) is 44.6 Å². The molecule has 1 aromatic heterocycles. The van der Waals surface area contributed by atoms with Crippen molar-refractivity contribution in [3.8, 4) is 11.5 Å². The van der Waals surface area contributed by atoms with Crippen molar-refractivity contribution < 1.29 is 82.7 Å². The number of fused-ring (bicyclic) bond motifs is 2. The van der Waals surface area contributed by atoms with Gasteiger partial charge in [-0.3, -0.25) is 24.8 Å². The average molecular weight is 881 g/mol. The molecule has 3 aromatic rings. The number of ether oxygens (including phenoxy) is 2. The molecule has 330 valence electrons.